The highest BCUT2D eigenvalue weighted by Crippen LogP contribution is 2.27. The Labute approximate surface area is 49.1 Å². The van der Waals surface area contributed by atoms with Crippen molar-refractivity contribution in [3.8, 4) is 0 Å². The van der Waals surface area contributed by atoms with E-state index in [-0.39, 0.29) is 18.5 Å². The fraction of sp³-hybridized carbons (Fsp3) is 1.00. The van der Waals surface area contributed by atoms with Gasteiger partial charge in [-0.3, -0.25) is 0 Å². The fourth-order valence-electron chi connectivity index (χ4n) is 0.485. The largest absolute Gasteiger partial charge is 0.393 e. The van der Waals surface area contributed by atoms with E-state index in [4.69, 9.17) is 10.8 Å². The van der Waals surface area contributed by atoms with Crippen LogP contribution in [-0.2, 0) is 0 Å². The van der Waals surface area contributed by atoms with E-state index < -0.39 is 0 Å². The summed E-state index contributed by atoms with van der Waals surface area (Å²) in [7, 11) is 0. The average Bonchev–Trinajstić information content (AvgIpc) is 2.19. The fourth-order valence-corrected chi connectivity index (χ4v) is 0.485. The Morgan fingerprint density at radius 3 is 2.14 bits per heavy atom. The minimum Gasteiger partial charge on any atom is -0.393 e. The molecule has 0 aromatic rings. The number of hydrogen-bond donors (Lipinski definition) is 2. The van der Waals surface area contributed by atoms with Gasteiger partial charge in [0.2, 0.25) is 0 Å². The molecule has 0 amide bonds. The van der Waals surface area contributed by atoms with E-state index in [0.29, 0.717) is 12.5 Å². The molecule has 0 radical (unpaired) electrons. The van der Waals surface area contributed by atoms with Crippen LogP contribution < -0.4 is 5.73 Å². The van der Waals surface area contributed by atoms with Gasteiger partial charge in [-0.15, -0.1) is 12.4 Å². The SMILES string of the molecule is Cl.NC[C@@H]1C[C@@H]1O. The van der Waals surface area contributed by atoms with Crippen LogP contribution in [0.3, 0.4) is 0 Å². The second kappa shape index (κ2) is 2.50. The lowest BCUT2D eigenvalue weighted by Gasteiger charge is -1.79. The summed E-state index contributed by atoms with van der Waals surface area (Å²) in [6.45, 7) is 0.654. The Bertz CT molecular complexity index is 57.7. The zero-order chi connectivity index (χ0) is 4.57. The molecule has 0 unspecified atom stereocenters. The molecule has 1 aliphatic carbocycles. The van der Waals surface area contributed by atoms with E-state index >= 15 is 0 Å². The lowest BCUT2D eigenvalue weighted by molar-refractivity contribution is 0.261. The van der Waals surface area contributed by atoms with Crippen molar-refractivity contribution in [1.82, 2.24) is 0 Å². The van der Waals surface area contributed by atoms with Crippen LogP contribution in [0.25, 0.3) is 0 Å². The predicted molar refractivity (Wildman–Crippen MR) is 30.4 cm³/mol. The smallest absolute Gasteiger partial charge is 0.0585 e. The van der Waals surface area contributed by atoms with Crippen LogP contribution in [0.5, 0.6) is 0 Å². The molecule has 0 aliphatic heterocycles. The molecule has 0 saturated heterocycles. The molecule has 3 heteroatoms. The van der Waals surface area contributed by atoms with Gasteiger partial charge < -0.3 is 10.8 Å². The summed E-state index contributed by atoms with van der Waals surface area (Å²) in [5, 5.41) is 8.55. The first-order valence-electron chi connectivity index (χ1n) is 2.22. The second-order valence-electron chi connectivity index (χ2n) is 1.80. The Hall–Kier alpha value is 0.210. The van der Waals surface area contributed by atoms with Crippen LogP contribution in [0, 0.1) is 5.92 Å². The molecule has 0 aromatic heterocycles. The van der Waals surface area contributed by atoms with E-state index in [1.807, 2.05) is 0 Å². The van der Waals surface area contributed by atoms with Gasteiger partial charge in [-0.2, -0.15) is 0 Å². The van der Waals surface area contributed by atoms with Crippen LogP contribution in [0.2, 0.25) is 0 Å². The standard InChI is InChI=1S/C4H9NO.ClH/c5-2-3-1-4(3)6;/h3-4,6H,1-2,5H2;1H/t3-,4-;/m0./s1. The first-order valence-corrected chi connectivity index (χ1v) is 2.22. The van der Waals surface area contributed by atoms with Gasteiger partial charge >= 0.3 is 0 Å². The van der Waals surface area contributed by atoms with Crippen LogP contribution >= 0.6 is 12.4 Å². The van der Waals surface area contributed by atoms with Crippen molar-refractivity contribution in [3.63, 3.8) is 0 Å². The first-order chi connectivity index (χ1) is 2.84. The molecule has 0 bridgehead atoms. The third-order valence-corrected chi connectivity index (χ3v) is 1.19. The van der Waals surface area contributed by atoms with E-state index in [1.165, 1.54) is 0 Å². The molecule has 0 heterocycles. The van der Waals surface area contributed by atoms with Gasteiger partial charge in [-0.25, -0.2) is 0 Å². The summed E-state index contributed by atoms with van der Waals surface area (Å²) in [5.74, 6) is 0.435. The lowest BCUT2D eigenvalue weighted by Crippen LogP contribution is -2.03. The van der Waals surface area contributed by atoms with Crippen LogP contribution in [0.15, 0.2) is 0 Å². The highest BCUT2D eigenvalue weighted by molar-refractivity contribution is 5.85. The molecule has 0 spiro atoms. The quantitative estimate of drug-likeness (QED) is 0.505. The number of aliphatic hydroxyl groups excluding tert-OH is 1. The predicted octanol–water partition coefficient (Wildman–Crippen LogP) is -0.252. The van der Waals surface area contributed by atoms with Crippen molar-refractivity contribution >= 4 is 12.4 Å². The highest BCUT2D eigenvalue weighted by Gasteiger charge is 2.33. The van der Waals surface area contributed by atoms with Gasteiger partial charge in [0, 0.05) is 0 Å². The van der Waals surface area contributed by atoms with Crippen molar-refractivity contribution in [3.05, 3.63) is 0 Å². The van der Waals surface area contributed by atoms with Crippen LogP contribution in [0.1, 0.15) is 6.42 Å². The van der Waals surface area contributed by atoms with Crippen molar-refractivity contribution in [2.75, 3.05) is 6.54 Å². The molecule has 1 saturated carbocycles. The molecule has 3 N–H and O–H groups in total. The average molecular weight is 124 g/mol. The number of halogens is 1. The Morgan fingerprint density at radius 2 is 2.14 bits per heavy atom. The number of rotatable bonds is 1. The molecular formula is C4H10ClNO. The van der Waals surface area contributed by atoms with E-state index in [1.54, 1.807) is 0 Å². The summed E-state index contributed by atoms with van der Waals surface area (Å²) in [4.78, 5) is 0. The zero-order valence-electron chi connectivity index (χ0n) is 4.00. The molecule has 2 atom stereocenters. The Kier molecular flexibility index (Phi) is 2.58. The Morgan fingerprint density at radius 1 is 1.71 bits per heavy atom. The molecule has 1 fully saturated rings. The second-order valence-corrected chi connectivity index (χ2v) is 1.80. The Balaban J connectivity index is 0.000000360. The highest BCUT2D eigenvalue weighted by atomic mass is 35.5. The molecule has 7 heavy (non-hydrogen) atoms. The number of aliphatic hydroxyl groups is 1. The van der Waals surface area contributed by atoms with Crippen LogP contribution in [0.4, 0.5) is 0 Å². The number of nitrogens with two attached hydrogens (primary N) is 1. The van der Waals surface area contributed by atoms with Gasteiger partial charge in [-0.1, -0.05) is 0 Å². The molecule has 0 aromatic carbocycles. The van der Waals surface area contributed by atoms with E-state index in [0.717, 1.165) is 6.42 Å². The topological polar surface area (TPSA) is 46.2 Å². The van der Waals surface area contributed by atoms with Gasteiger partial charge in [-0.05, 0) is 18.9 Å². The molecule has 1 aliphatic rings. The maximum Gasteiger partial charge on any atom is 0.0585 e. The van der Waals surface area contributed by atoms with Crippen molar-refractivity contribution in [2.45, 2.75) is 12.5 Å². The van der Waals surface area contributed by atoms with E-state index in [9.17, 15) is 0 Å². The lowest BCUT2D eigenvalue weighted by atomic mass is 10.4. The van der Waals surface area contributed by atoms with Gasteiger partial charge in [0.1, 0.15) is 0 Å². The minimum atomic E-state index is -0.0602. The summed E-state index contributed by atoms with van der Waals surface area (Å²) >= 11 is 0. The minimum absolute atomic E-state index is 0. The summed E-state index contributed by atoms with van der Waals surface area (Å²) < 4.78 is 0. The first kappa shape index (κ1) is 7.21. The van der Waals surface area contributed by atoms with Gasteiger partial charge in [0.15, 0.2) is 0 Å². The van der Waals surface area contributed by atoms with Crippen molar-refractivity contribution < 1.29 is 5.11 Å². The maximum atomic E-state index is 8.55. The molecular weight excluding hydrogens is 114 g/mol. The van der Waals surface area contributed by atoms with Crippen molar-refractivity contribution in [2.24, 2.45) is 11.7 Å². The zero-order valence-corrected chi connectivity index (χ0v) is 4.82. The van der Waals surface area contributed by atoms with E-state index in [2.05, 4.69) is 0 Å². The normalized spacial score (nSPS) is 36.9. The maximum absolute atomic E-state index is 8.55. The molecule has 44 valence electrons. The van der Waals surface area contributed by atoms with Gasteiger partial charge in [0.25, 0.3) is 0 Å². The monoisotopic (exact) mass is 123 g/mol. The summed E-state index contributed by atoms with van der Waals surface area (Å²) in [6, 6.07) is 0. The molecule has 2 nitrogen and oxygen atoms in total. The summed E-state index contributed by atoms with van der Waals surface area (Å²) in [6.07, 6.45) is 0.867. The third kappa shape index (κ3) is 1.63. The third-order valence-electron chi connectivity index (χ3n) is 1.19. The van der Waals surface area contributed by atoms with Gasteiger partial charge in [0.05, 0.1) is 6.10 Å². The number of hydrogen-bond acceptors (Lipinski definition) is 2. The van der Waals surface area contributed by atoms with Crippen LogP contribution in [-0.4, -0.2) is 17.8 Å². The molecule has 1 rings (SSSR count). The van der Waals surface area contributed by atoms with Crippen molar-refractivity contribution in [1.29, 1.82) is 0 Å². The summed E-state index contributed by atoms with van der Waals surface area (Å²) in [5.41, 5.74) is 5.16.